The van der Waals surface area contributed by atoms with E-state index in [1.807, 2.05) is 18.2 Å². The van der Waals surface area contributed by atoms with Crippen LogP contribution in [0.2, 0.25) is 5.02 Å². The zero-order chi connectivity index (χ0) is 19.7. The van der Waals surface area contributed by atoms with E-state index in [0.29, 0.717) is 30.3 Å². The van der Waals surface area contributed by atoms with Gasteiger partial charge in [0.15, 0.2) is 0 Å². The highest BCUT2D eigenvalue weighted by Crippen LogP contribution is 2.34. The normalized spacial score (nSPS) is 18.0. The minimum Gasteiger partial charge on any atom is -0.495 e. The lowest BCUT2D eigenvalue weighted by Crippen LogP contribution is -2.43. The second-order valence-electron chi connectivity index (χ2n) is 7.04. The maximum Gasteiger partial charge on any atom is 0.243 e. The molecule has 150 valence electrons. The summed E-state index contributed by atoms with van der Waals surface area (Å²) in [6.45, 7) is 4.10. The number of ether oxygens (including phenoxy) is 1. The van der Waals surface area contributed by atoms with Crippen molar-refractivity contribution in [3.63, 3.8) is 0 Å². The van der Waals surface area contributed by atoms with E-state index < -0.39 is 10.0 Å². The summed E-state index contributed by atoms with van der Waals surface area (Å²) in [4.78, 5) is 2.45. The van der Waals surface area contributed by atoms with Gasteiger partial charge in [-0.1, -0.05) is 23.7 Å². The molecule has 28 heavy (non-hydrogen) atoms. The number of benzene rings is 2. The molecule has 0 bridgehead atoms. The lowest BCUT2D eigenvalue weighted by molar-refractivity contribution is 0.391. The molecule has 2 heterocycles. The van der Waals surface area contributed by atoms with E-state index in [1.165, 1.54) is 4.31 Å². The molecule has 0 amide bonds. The number of rotatable bonds is 4. The zero-order valence-electron chi connectivity index (χ0n) is 15.8. The third-order valence-electron chi connectivity index (χ3n) is 5.43. The fourth-order valence-electron chi connectivity index (χ4n) is 3.85. The molecule has 2 aliphatic rings. The maximum absolute atomic E-state index is 13.4. The van der Waals surface area contributed by atoms with E-state index >= 15 is 0 Å². The Morgan fingerprint density at radius 3 is 2.64 bits per heavy atom. The molecular weight excluding hydrogens is 398 g/mol. The van der Waals surface area contributed by atoms with Gasteiger partial charge in [0.2, 0.25) is 10.0 Å². The average molecular weight is 422 g/mol. The van der Waals surface area contributed by atoms with E-state index in [-0.39, 0.29) is 4.90 Å². The molecule has 2 aliphatic heterocycles. The van der Waals surface area contributed by atoms with Crippen LogP contribution in [0.1, 0.15) is 11.1 Å². The number of hydrogen-bond donors (Lipinski definition) is 1. The number of piperazine rings is 1. The van der Waals surface area contributed by atoms with Crippen LogP contribution in [0.3, 0.4) is 0 Å². The van der Waals surface area contributed by atoms with Crippen molar-refractivity contribution in [1.29, 1.82) is 0 Å². The average Bonchev–Trinajstić information content (AvgIpc) is 2.74. The molecule has 1 N–H and O–H groups in total. The molecule has 4 rings (SSSR count). The Morgan fingerprint density at radius 2 is 1.89 bits per heavy atom. The Kier molecular flexibility index (Phi) is 5.51. The molecular formula is C20H24ClN3O3S. The van der Waals surface area contributed by atoms with E-state index in [1.54, 1.807) is 25.3 Å². The van der Waals surface area contributed by atoms with Crippen LogP contribution in [0.5, 0.6) is 5.75 Å². The van der Waals surface area contributed by atoms with Gasteiger partial charge >= 0.3 is 0 Å². The van der Waals surface area contributed by atoms with Crippen molar-refractivity contribution in [2.75, 3.05) is 44.7 Å². The highest BCUT2D eigenvalue weighted by Gasteiger charge is 2.30. The minimum atomic E-state index is -3.63. The molecule has 1 saturated heterocycles. The van der Waals surface area contributed by atoms with E-state index in [9.17, 15) is 8.42 Å². The maximum atomic E-state index is 13.4. The Hall–Kier alpha value is -1.80. The van der Waals surface area contributed by atoms with Crippen LogP contribution in [0.25, 0.3) is 0 Å². The summed E-state index contributed by atoms with van der Waals surface area (Å²) < 4.78 is 33.7. The first-order chi connectivity index (χ1) is 13.5. The van der Waals surface area contributed by atoms with Gasteiger partial charge in [0.1, 0.15) is 5.75 Å². The van der Waals surface area contributed by atoms with Crippen molar-refractivity contribution in [1.82, 2.24) is 9.62 Å². The monoisotopic (exact) mass is 421 g/mol. The molecule has 0 aromatic heterocycles. The summed E-state index contributed by atoms with van der Waals surface area (Å²) in [5, 5.41) is 3.93. The summed E-state index contributed by atoms with van der Waals surface area (Å²) in [6.07, 6.45) is 0.663. The highest BCUT2D eigenvalue weighted by atomic mass is 35.5. The number of sulfonamides is 1. The number of hydrogen-bond acceptors (Lipinski definition) is 5. The van der Waals surface area contributed by atoms with Crippen molar-refractivity contribution in [2.45, 2.75) is 17.9 Å². The molecule has 2 aromatic rings. The number of fused-ring (bicyclic) bond motifs is 1. The second-order valence-corrected chi connectivity index (χ2v) is 9.38. The zero-order valence-corrected chi connectivity index (χ0v) is 17.4. The topological polar surface area (TPSA) is 61.9 Å². The molecule has 6 nitrogen and oxygen atoms in total. The van der Waals surface area contributed by atoms with Crippen molar-refractivity contribution in [3.8, 4) is 5.75 Å². The van der Waals surface area contributed by atoms with E-state index in [2.05, 4.69) is 10.2 Å². The summed E-state index contributed by atoms with van der Waals surface area (Å²) in [7, 11) is -2.02. The first-order valence-electron chi connectivity index (χ1n) is 9.41. The van der Waals surface area contributed by atoms with Gasteiger partial charge in [-0.25, -0.2) is 8.42 Å². The van der Waals surface area contributed by atoms with Gasteiger partial charge in [0, 0.05) is 44.3 Å². The van der Waals surface area contributed by atoms with Crippen LogP contribution in [0, 0.1) is 0 Å². The summed E-state index contributed by atoms with van der Waals surface area (Å²) in [6, 6.07) is 10.8. The van der Waals surface area contributed by atoms with Gasteiger partial charge < -0.3 is 15.0 Å². The Balaban J connectivity index is 1.67. The number of anilines is 1. The second kappa shape index (κ2) is 7.91. The van der Waals surface area contributed by atoms with Gasteiger partial charge in [-0.15, -0.1) is 0 Å². The fraction of sp³-hybridized carbons (Fsp3) is 0.400. The Morgan fingerprint density at radius 1 is 1.11 bits per heavy atom. The largest absolute Gasteiger partial charge is 0.495 e. The lowest BCUT2D eigenvalue weighted by Gasteiger charge is -2.32. The van der Waals surface area contributed by atoms with E-state index in [4.69, 9.17) is 16.3 Å². The van der Waals surface area contributed by atoms with Crippen LogP contribution in [-0.2, 0) is 23.0 Å². The molecule has 0 radical (unpaired) electrons. The molecule has 0 unspecified atom stereocenters. The number of methoxy groups -OCH3 is 1. The highest BCUT2D eigenvalue weighted by molar-refractivity contribution is 7.89. The number of nitrogens with zero attached hydrogens (tertiary/aromatic N) is 2. The molecule has 0 aliphatic carbocycles. The van der Waals surface area contributed by atoms with Crippen LogP contribution in [0.4, 0.5) is 5.69 Å². The molecule has 0 saturated carbocycles. The van der Waals surface area contributed by atoms with Crippen LogP contribution in [-0.4, -0.2) is 52.6 Å². The summed E-state index contributed by atoms with van der Waals surface area (Å²) in [5.41, 5.74) is 2.84. The first kappa shape index (κ1) is 19.5. The van der Waals surface area contributed by atoms with Crippen LogP contribution < -0.4 is 15.0 Å². The third kappa shape index (κ3) is 3.59. The Bertz CT molecular complexity index is 975. The number of nitrogens with one attached hydrogen (secondary N) is 1. The predicted octanol–water partition coefficient (Wildman–Crippen LogP) is 2.51. The van der Waals surface area contributed by atoms with Gasteiger partial charge in [0.25, 0.3) is 0 Å². The molecule has 0 spiro atoms. The fourth-order valence-corrected chi connectivity index (χ4v) is 5.54. The third-order valence-corrected chi connectivity index (χ3v) is 7.62. The minimum absolute atomic E-state index is 0.289. The van der Waals surface area contributed by atoms with Crippen molar-refractivity contribution < 1.29 is 13.2 Å². The quantitative estimate of drug-likeness (QED) is 0.821. The van der Waals surface area contributed by atoms with Gasteiger partial charge in [0.05, 0.1) is 17.7 Å². The van der Waals surface area contributed by atoms with Crippen LogP contribution in [0.15, 0.2) is 41.3 Å². The smallest absolute Gasteiger partial charge is 0.243 e. The van der Waals surface area contributed by atoms with Gasteiger partial charge in [-0.2, -0.15) is 4.31 Å². The SMILES string of the molecule is COc1ccc(S(=O)(=O)N2CCc3cccc(Cl)c3C2)cc1N1CCNCC1. The summed E-state index contributed by atoms with van der Waals surface area (Å²) in [5.74, 6) is 0.688. The Labute approximate surface area is 171 Å². The molecule has 8 heteroatoms. The van der Waals surface area contributed by atoms with E-state index in [0.717, 1.165) is 43.0 Å². The van der Waals surface area contributed by atoms with Crippen LogP contribution >= 0.6 is 11.6 Å². The number of halogens is 1. The van der Waals surface area contributed by atoms with Gasteiger partial charge in [-0.3, -0.25) is 0 Å². The molecule has 1 fully saturated rings. The lowest BCUT2D eigenvalue weighted by atomic mass is 10.0. The standard InChI is InChI=1S/C20H24ClN3O3S/c1-27-20-6-5-16(13-19(20)23-11-8-22-9-12-23)28(25,26)24-10-7-15-3-2-4-18(21)17(15)14-24/h2-6,13,22H,7-12,14H2,1H3. The molecule has 0 atom stereocenters. The first-order valence-corrected chi connectivity index (χ1v) is 11.2. The van der Waals surface area contributed by atoms with Gasteiger partial charge in [-0.05, 0) is 41.8 Å². The summed E-state index contributed by atoms with van der Waals surface area (Å²) >= 11 is 6.32. The van der Waals surface area contributed by atoms with Crippen molar-refractivity contribution >= 4 is 27.3 Å². The predicted molar refractivity (Wildman–Crippen MR) is 111 cm³/mol. The van der Waals surface area contributed by atoms with Crippen molar-refractivity contribution in [3.05, 3.63) is 52.5 Å². The van der Waals surface area contributed by atoms with Crippen molar-refractivity contribution in [2.24, 2.45) is 0 Å². The molecule has 2 aromatic carbocycles.